The summed E-state index contributed by atoms with van der Waals surface area (Å²) >= 11 is 0. The van der Waals surface area contributed by atoms with Crippen molar-refractivity contribution in [3.05, 3.63) is 84.2 Å². The van der Waals surface area contributed by atoms with Crippen LogP contribution in [0.1, 0.15) is 29.3 Å². The largest absolute Gasteiger partial charge is 0.497 e. The van der Waals surface area contributed by atoms with Crippen molar-refractivity contribution in [3.63, 3.8) is 0 Å². The second-order valence-corrected chi connectivity index (χ2v) is 8.04. The first-order valence-corrected chi connectivity index (χ1v) is 11.0. The van der Waals surface area contributed by atoms with E-state index in [2.05, 4.69) is 10.3 Å². The van der Waals surface area contributed by atoms with Crippen molar-refractivity contribution in [2.24, 2.45) is 0 Å². The molecular weight excluding hydrogens is 448 g/mol. The van der Waals surface area contributed by atoms with E-state index in [0.29, 0.717) is 22.7 Å². The Morgan fingerprint density at radius 1 is 1.09 bits per heavy atom. The van der Waals surface area contributed by atoms with Gasteiger partial charge in [-0.05, 0) is 60.2 Å². The summed E-state index contributed by atoms with van der Waals surface area (Å²) in [5, 5.41) is 2.65. The molecule has 1 saturated heterocycles. The summed E-state index contributed by atoms with van der Waals surface area (Å²) in [6, 6.07) is 15.5. The van der Waals surface area contributed by atoms with Gasteiger partial charge in [-0.1, -0.05) is 6.07 Å². The van der Waals surface area contributed by atoms with Gasteiger partial charge in [0.05, 0.1) is 19.2 Å². The van der Waals surface area contributed by atoms with E-state index in [1.54, 1.807) is 73.1 Å². The number of anilines is 2. The molecule has 1 N–H and O–H groups in total. The van der Waals surface area contributed by atoms with Gasteiger partial charge in [0, 0.05) is 37.1 Å². The molecule has 1 aromatic heterocycles. The Kier molecular flexibility index (Phi) is 6.86. The molecule has 0 saturated carbocycles. The molecule has 4 amide bonds. The van der Waals surface area contributed by atoms with Gasteiger partial charge < -0.3 is 15.0 Å². The van der Waals surface area contributed by atoms with E-state index >= 15 is 0 Å². The Labute approximate surface area is 202 Å². The number of methoxy groups -OCH3 is 1. The molecule has 0 spiro atoms. The second-order valence-electron chi connectivity index (χ2n) is 8.04. The van der Waals surface area contributed by atoms with Gasteiger partial charge in [-0.2, -0.15) is 0 Å². The maximum atomic E-state index is 13.5. The van der Waals surface area contributed by atoms with Gasteiger partial charge in [-0.3, -0.25) is 24.2 Å². The lowest BCUT2D eigenvalue weighted by molar-refractivity contribution is -0.122. The number of rotatable bonds is 7. The number of aromatic nitrogens is 1. The van der Waals surface area contributed by atoms with Gasteiger partial charge >= 0.3 is 0 Å². The maximum absolute atomic E-state index is 13.5. The minimum absolute atomic E-state index is 0.109. The highest BCUT2D eigenvalue weighted by Gasteiger charge is 2.44. The number of amides is 4. The number of benzene rings is 2. The number of hydrogen-bond donors (Lipinski definition) is 1. The van der Waals surface area contributed by atoms with Crippen LogP contribution in [0.4, 0.5) is 11.4 Å². The summed E-state index contributed by atoms with van der Waals surface area (Å²) in [6.07, 6.45) is 3.10. The van der Waals surface area contributed by atoms with Crippen LogP contribution in [0.15, 0.2) is 73.1 Å². The fourth-order valence-corrected chi connectivity index (χ4v) is 3.94. The van der Waals surface area contributed by atoms with E-state index in [-0.39, 0.29) is 24.8 Å². The Morgan fingerprint density at radius 2 is 1.80 bits per heavy atom. The molecule has 1 atom stereocenters. The number of imide groups is 1. The SMILES string of the molecule is COc1ccc(C(=O)N(Cc2cccnc2)C2CC(=O)N(c3ccc(NC(C)=O)cc3)C2=O)cc1. The highest BCUT2D eigenvalue weighted by Crippen LogP contribution is 2.29. The zero-order valence-corrected chi connectivity index (χ0v) is 19.3. The van der Waals surface area contributed by atoms with Gasteiger partial charge in [-0.15, -0.1) is 0 Å². The summed E-state index contributed by atoms with van der Waals surface area (Å²) in [5.41, 5.74) is 2.01. The van der Waals surface area contributed by atoms with E-state index in [9.17, 15) is 19.2 Å². The quantitative estimate of drug-likeness (QED) is 0.530. The molecule has 0 bridgehead atoms. The van der Waals surface area contributed by atoms with Crippen molar-refractivity contribution in [3.8, 4) is 5.75 Å². The minimum atomic E-state index is -0.979. The van der Waals surface area contributed by atoms with Gasteiger partial charge in [0.1, 0.15) is 11.8 Å². The number of ether oxygens (including phenoxy) is 1. The zero-order chi connectivity index (χ0) is 24.9. The Balaban J connectivity index is 1.63. The highest BCUT2D eigenvalue weighted by atomic mass is 16.5. The van der Waals surface area contributed by atoms with E-state index in [1.165, 1.54) is 18.9 Å². The van der Waals surface area contributed by atoms with E-state index in [1.807, 2.05) is 0 Å². The molecule has 178 valence electrons. The fraction of sp³-hybridized carbons (Fsp3) is 0.192. The van der Waals surface area contributed by atoms with Crippen LogP contribution in [0.25, 0.3) is 0 Å². The van der Waals surface area contributed by atoms with Crippen molar-refractivity contribution >= 4 is 35.0 Å². The van der Waals surface area contributed by atoms with Crippen LogP contribution in [0.3, 0.4) is 0 Å². The van der Waals surface area contributed by atoms with Gasteiger partial charge in [-0.25, -0.2) is 4.90 Å². The lowest BCUT2D eigenvalue weighted by atomic mass is 10.1. The molecule has 9 nitrogen and oxygen atoms in total. The lowest BCUT2D eigenvalue weighted by Crippen LogP contribution is -2.45. The summed E-state index contributed by atoms with van der Waals surface area (Å²) in [7, 11) is 1.53. The summed E-state index contributed by atoms with van der Waals surface area (Å²) < 4.78 is 5.17. The average Bonchev–Trinajstić information content (AvgIpc) is 3.16. The second kappa shape index (κ2) is 10.2. The molecule has 1 aliphatic rings. The van der Waals surface area contributed by atoms with Crippen molar-refractivity contribution in [2.45, 2.75) is 25.9 Å². The molecular formula is C26H24N4O5. The Hall–Kier alpha value is -4.53. The predicted octanol–water partition coefficient (Wildman–Crippen LogP) is 3.02. The smallest absolute Gasteiger partial charge is 0.257 e. The van der Waals surface area contributed by atoms with Crippen molar-refractivity contribution in [1.29, 1.82) is 0 Å². The first kappa shape index (κ1) is 23.6. The molecule has 2 heterocycles. The molecule has 35 heavy (non-hydrogen) atoms. The zero-order valence-electron chi connectivity index (χ0n) is 19.3. The van der Waals surface area contributed by atoms with E-state index in [0.717, 1.165) is 10.5 Å². The number of hydrogen-bond acceptors (Lipinski definition) is 6. The van der Waals surface area contributed by atoms with Crippen LogP contribution in [0.2, 0.25) is 0 Å². The number of nitrogens with one attached hydrogen (secondary N) is 1. The molecule has 1 aliphatic heterocycles. The van der Waals surface area contributed by atoms with Crippen LogP contribution >= 0.6 is 0 Å². The third kappa shape index (κ3) is 5.19. The monoisotopic (exact) mass is 472 g/mol. The molecule has 3 aromatic rings. The van der Waals surface area contributed by atoms with Crippen LogP contribution < -0.4 is 15.0 Å². The molecule has 4 rings (SSSR count). The molecule has 1 fully saturated rings. The van der Waals surface area contributed by atoms with Crippen molar-refractivity contribution in [2.75, 3.05) is 17.3 Å². The molecule has 2 aromatic carbocycles. The first-order chi connectivity index (χ1) is 16.9. The number of nitrogens with zero attached hydrogens (tertiary/aromatic N) is 3. The molecule has 0 radical (unpaired) electrons. The Bertz CT molecular complexity index is 1240. The van der Waals surface area contributed by atoms with E-state index in [4.69, 9.17) is 4.74 Å². The first-order valence-electron chi connectivity index (χ1n) is 11.0. The molecule has 9 heteroatoms. The summed E-state index contributed by atoms with van der Waals surface area (Å²) in [5.74, 6) is -0.917. The third-order valence-corrected chi connectivity index (χ3v) is 5.62. The number of pyridine rings is 1. The number of carbonyl (C=O) groups excluding carboxylic acids is 4. The van der Waals surface area contributed by atoms with Crippen LogP contribution in [0.5, 0.6) is 5.75 Å². The topological polar surface area (TPSA) is 109 Å². The third-order valence-electron chi connectivity index (χ3n) is 5.62. The standard InChI is InChI=1S/C26H24N4O5/c1-17(31)28-20-7-9-21(10-8-20)30-24(32)14-23(26(30)34)29(16-18-4-3-13-27-15-18)25(33)19-5-11-22(35-2)12-6-19/h3-13,15,23H,14,16H2,1-2H3,(H,28,31). The average molecular weight is 473 g/mol. The van der Waals surface area contributed by atoms with Crippen molar-refractivity contribution in [1.82, 2.24) is 9.88 Å². The van der Waals surface area contributed by atoms with Gasteiger partial charge in [0.15, 0.2) is 0 Å². The highest BCUT2D eigenvalue weighted by molar-refractivity contribution is 6.23. The maximum Gasteiger partial charge on any atom is 0.257 e. The normalized spacial score (nSPS) is 15.1. The lowest BCUT2D eigenvalue weighted by Gasteiger charge is -2.28. The van der Waals surface area contributed by atoms with Crippen LogP contribution in [0, 0.1) is 0 Å². The van der Waals surface area contributed by atoms with Crippen LogP contribution in [-0.2, 0) is 20.9 Å². The molecule has 1 unspecified atom stereocenters. The fourth-order valence-electron chi connectivity index (χ4n) is 3.94. The minimum Gasteiger partial charge on any atom is -0.497 e. The van der Waals surface area contributed by atoms with E-state index < -0.39 is 17.9 Å². The predicted molar refractivity (Wildman–Crippen MR) is 129 cm³/mol. The van der Waals surface area contributed by atoms with Gasteiger partial charge in [0.25, 0.3) is 11.8 Å². The Morgan fingerprint density at radius 3 is 2.40 bits per heavy atom. The summed E-state index contributed by atoms with van der Waals surface area (Å²) in [6.45, 7) is 1.50. The van der Waals surface area contributed by atoms with Gasteiger partial charge in [0.2, 0.25) is 11.8 Å². The van der Waals surface area contributed by atoms with Crippen LogP contribution in [-0.4, -0.2) is 46.7 Å². The molecule has 0 aliphatic carbocycles. The number of carbonyl (C=O) groups is 4. The summed E-state index contributed by atoms with van der Waals surface area (Å²) in [4.78, 5) is 57.8. The van der Waals surface area contributed by atoms with Crippen molar-refractivity contribution < 1.29 is 23.9 Å².